The number of hydrogen-bond acceptors (Lipinski definition) is 3. The van der Waals surface area contributed by atoms with Gasteiger partial charge in [0.1, 0.15) is 11.8 Å². The molecule has 4 nitrogen and oxygen atoms in total. The van der Waals surface area contributed by atoms with E-state index in [9.17, 15) is 4.79 Å². The number of hydrogen-bond donors (Lipinski definition) is 2. The van der Waals surface area contributed by atoms with Crippen molar-refractivity contribution in [3.8, 4) is 5.75 Å². The van der Waals surface area contributed by atoms with Gasteiger partial charge in [0.2, 0.25) is 0 Å². The maximum absolute atomic E-state index is 10.7. The number of rotatable bonds is 5. The van der Waals surface area contributed by atoms with E-state index in [4.69, 9.17) is 15.6 Å². The van der Waals surface area contributed by atoms with Crippen molar-refractivity contribution in [1.82, 2.24) is 0 Å². The molecule has 19 heavy (non-hydrogen) atoms. The fraction of sp³-hybridized carbons (Fsp3) is 0.533. The molecule has 0 spiro atoms. The SMILES string of the molecule is N[C@H](Cc1ccc(OC2CCCCC2)cc1)C(=O)O. The molecule has 2 rings (SSSR count). The predicted octanol–water partition coefficient (Wildman–Crippen LogP) is 2.35. The molecule has 1 atom stereocenters. The van der Waals surface area contributed by atoms with Gasteiger partial charge in [-0.25, -0.2) is 0 Å². The van der Waals surface area contributed by atoms with Gasteiger partial charge in [-0.3, -0.25) is 4.79 Å². The lowest BCUT2D eigenvalue weighted by Crippen LogP contribution is -2.32. The molecule has 0 bridgehead atoms. The number of ether oxygens (including phenoxy) is 1. The zero-order chi connectivity index (χ0) is 13.7. The van der Waals surface area contributed by atoms with E-state index in [1.807, 2.05) is 24.3 Å². The Morgan fingerprint density at radius 1 is 1.26 bits per heavy atom. The monoisotopic (exact) mass is 263 g/mol. The smallest absolute Gasteiger partial charge is 0.320 e. The lowest BCUT2D eigenvalue weighted by Gasteiger charge is -2.23. The summed E-state index contributed by atoms with van der Waals surface area (Å²) in [6.07, 6.45) is 6.75. The van der Waals surface area contributed by atoms with Crippen LogP contribution in [0, 0.1) is 0 Å². The highest BCUT2D eigenvalue weighted by atomic mass is 16.5. The van der Waals surface area contributed by atoms with E-state index >= 15 is 0 Å². The molecule has 1 aromatic rings. The summed E-state index contributed by atoms with van der Waals surface area (Å²) in [4.78, 5) is 10.7. The third-order valence-corrected chi connectivity index (χ3v) is 3.55. The molecule has 0 radical (unpaired) electrons. The third kappa shape index (κ3) is 4.24. The van der Waals surface area contributed by atoms with Crippen LogP contribution in [0.5, 0.6) is 5.75 Å². The summed E-state index contributed by atoms with van der Waals surface area (Å²) in [5.41, 5.74) is 6.43. The first-order valence-electron chi connectivity index (χ1n) is 6.89. The molecule has 3 N–H and O–H groups in total. The number of carboxylic acids is 1. The Morgan fingerprint density at radius 3 is 2.47 bits per heavy atom. The highest BCUT2D eigenvalue weighted by Crippen LogP contribution is 2.23. The highest BCUT2D eigenvalue weighted by molar-refractivity contribution is 5.73. The highest BCUT2D eigenvalue weighted by Gasteiger charge is 2.15. The van der Waals surface area contributed by atoms with Crippen molar-refractivity contribution in [3.05, 3.63) is 29.8 Å². The molecular formula is C15H21NO3. The van der Waals surface area contributed by atoms with Gasteiger partial charge in [-0.2, -0.15) is 0 Å². The lowest BCUT2D eigenvalue weighted by atomic mass is 9.98. The quantitative estimate of drug-likeness (QED) is 0.855. The molecule has 1 aliphatic carbocycles. The van der Waals surface area contributed by atoms with Crippen LogP contribution in [0.4, 0.5) is 0 Å². The van der Waals surface area contributed by atoms with Gasteiger partial charge in [-0.05, 0) is 49.8 Å². The summed E-state index contributed by atoms with van der Waals surface area (Å²) >= 11 is 0. The maximum atomic E-state index is 10.7. The molecule has 104 valence electrons. The molecule has 0 amide bonds. The average molecular weight is 263 g/mol. The molecule has 1 fully saturated rings. The Labute approximate surface area is 113 Å². The van der Waals surface area contributed by atoms with E-state index in [-0.39, 0.29) is 0 Å². The summed E-state index contributed by atoms with van der Waals surface area (Å²) in [6, 6.07) is 6.74. The van der Waals surface area contributed by atoms with Gasteiger partial charge < -0.3 is 15.6 Å². The Bertz CT molecular complexity index is 410. The predicted molar refractivity (Wildman–Crippen MR) is 73.3 cm³/mol. The molecule has 1 aliphatic rings. The van der Waals surface area contributed by atoms with Crippen LogP contribution in [-0.2, 0) is 11.2 Å². The Hall–Kier alpha value is -1.55. The molecule has 0 aliphatic heterocycles. The van der Waals surface area contributed by atoms with Crippen molar-refractivity contribution < 1.29 is 14.6 Å². The molecule has 0 unspecified atom stereocenters. The minimum Gasteiger partial charge on any atom is -0.490 e. The van der Waals surface area contributed by atoms with Gasteiger partial charge in [-0.15, -0.1) is 0 Å². The van der Waals surface area contributed by atoms with Gasteiger partial charge in [0.05, 0.1) is 6.10 Å². The van der Waals surface area contributed by atoms with E-state index in [0.29, 0.717) is 12.5 Å². The van der Waals surface area contributed by atoms with E-state index in [1.165, 1.54) is 19.3 Å². The van der Waals surface area contributed by atoms with Crippen molar-refractivity contribution in [2.24, 2.45) is 5.73 Å². The van der Waals surface area contributed by atoms with Gasteiger partial charge in [0, 0.05) is 0 Å². The number of carbonyl (C=O) groups is 1. The minimum absolute atomic E-state index is 0.334. The summed E-state index contributed by atoms with van der Waals surface area (Å²) in [5, 5.41) is 8.76. The lowest BCUT2D eigenvalue weighted by molar-refractivity contribution is -0.138. The van der Waals surface area contributed by atoms with E-state index in [2.05, 4.69) is 0 Å². The molecule has 1 saturated carbocycles. The average Bonchev–Trinajstić information content (AvgIpc) is 2.42. The maximum Gasteiger partial charge on any atom is 0.320 e. The van der Waals surface area contributed by atoms with Crippen molar-refractivity contribution in [2.75, 3.05) is 0 Å². The molecule has 1 aromatic carbocycles. The summed E-state index contributed by atoms with van der Waals surface area (Å²) in [7, 11) is 0. The third-order valence-electron chi connectivity index (χ3n) is 3.55. The van der Waals surface area contributed by atoms with E-state index in [1.54, 1.807) is 0 Å². The van der Waals surface area contributed by atoms with Crippen molar-refractivity contribution in [3.63, 3.8) is 0 Å². The first-order chi connectivity index (χ1) is 9.15. The van der Waals surface area contributed by atoms with Crippen LogP contribution in [0.1, 0.15) is 37.7 Å². The zero-order valence-electron chi connectivity index (χ0n) is 11.0. The van der Waals surface area contributed by atoms with E-state index in [0.717, 1.165) is 24.2 Å². The number of nitrogens with two attached hydrogens (primary N) is 1. The zero-order valence-corrected chi connectivity index (χ0v) is 11.0. The Balaban J connectivity index is 1.88. The van der Waals surface area contributed by atoms with Crippen LogP contribution in [0.3, 0.4) is 0 Å². The number of aliphatic carboxylic acids is 1. The summed E-state index contributed by atoms with van der Waals surface area (Å²) in [6.45, 7) is 0. The second kappa shape index (κ2) is 6.57. The van der Waals surface area contributed by atoms with Crippen LogP contribution in [0.25, 0.3) is 0 Å². The molecule has 4 heteroatoms. The van der Waals surface area contributed by atoms with Gasteiger partial charge in [0.15, 0.2) is 0 Å². The number of benzene rings is 1. The van der Waals surface area contributed by atoms with E-state index < -0.39 is 12.0 Å². The van der Waals surface area contributed by atoms with Gasteiger partial charge >= 0.3 is 5.97 Å². The minimum atomic E-state index is -0.970. The first-order valence-corrected chi connectivity index (χ1v) is 6.89. The topological polar surface area (TPSA) is 72.5 Å². The second-order valence-electron chi connectivity index (χ2n) is 5.17. The molecular weight excluding hydrogens is 242 g/mol. The van der Waals surface area contributed by atoms with Crippen LogP contribution in [-0.4, -0.2) is 23.2 Å². The van der Waals surface area contributed by atoms with Crippen LogP contribution in [0.15, 0.2) is 24.3 Å². The summed E-state index contributed by atoms with van der Waals surface area (Å²) in [5.74, 6) is -0.109. The normalized spacial score (nSPS) is 17.9. The Kier molecular flexibility index (Phi) is 4.80. The van der Waals surface area contributed by atoms with Gasteiger partial charge in [-0.1, -0.05) is 18.6 Å². The largest absolute Gasteiger partial charge is 0.490 e. The fourth-order valence-corrected chi connectivity index (χ4v) is 2.42. The Morgan fingerprint density at radius 2 is 1.89 bits per heavy atom. The molecule has 0 saturated heterocycles. The van der Waals surface area contributed by atoms with Gasteiger partial charge in [0.25, 0.3) is 0 Å². The molecule has 0 heterocycles. The second-order valence-corrected chi connectivity index (χ2v) is 5.17. The van der Waals surface area contributed by atoms with Crippen LogP contribution >= 0.6 is 0 Å². The van der Waals surface area contributed by atoms with Crippen molar-refractivity contribution in [2.45, 2.75) is 50.7 Å². The van der Waals surface area contributed by atoms with Crippen molar-refractivity contribution in [1.29, 1.82) is 0 Å². The standard InChI is InChI=1S/C15H21NO3/c16-14(15(17)18)10-11-6-8-13(9-7-11)19-12-4-2-1-3-5-12/h6-9,12,14H,1-5,10,16H2,(H,17,18)/t14-/m1/s1. The first kappa shape index (κ1) is 13.9. The van der Waals surface area contributed by atoms with Crippen LogP contribution in [0.2, 0.25) is 0 Å². The van der Waals surface area contributed by atoms with Crippen LogP contribution < -0.4 is 10.5 Å². The number of carboxylic acid groups (broad SMARTS) is 1. The summed E-state index contributed by atoms with van der Waals surface area (Å²) < 4.78 is 5.92. The van der Waals surface area contributed by atoms with Crippen molar-refractivity contribution >= 4 is 5.97 Å². The fourth-order valence-electron chi connectivity index (χ4n) is 2.42. The molecule has 0 aromatic heterocycles.